The molecule has 0 bridgehead atoms. The summed E-state index contributed by atoms with van der Waals surface area (Å²) in [5, 5.41) is 9.88. The standard InChI is InChI=1S/C23H26N5O3P/c1-6-21(29)25-16-11-12-19(31-3)18(13-16)27-23-24-14-15(2)22(28-23)26-17-9-7-8-10-20(17)32(4,5)30/h6-14H,1H2,2-5H3,(H,25,29)(H2,24,26,27,28). The van der Waals surface area contributed by atoms with Crippen LogP contribution >= 0.6 is 7.14 Å². The van der Waals surface area contributed by atoms with E-state index in [4.69, 9.17) is 4.74 Å². The molecule has 8 nitrogen and oxygen atoms in total. The van der Waals surface area contributed by atoms with Crippen LogP contribution in [-0.2, 0) is 9.36 Å². The molecule has 1 heterocycles. The number of carbonyl (C=O) groups excluding carboxylic acids is 1. The van der Waals surface area contributed by atoms with E-state index in [1.807, 2.05) is 31.2 Å². The third kappa shape index (κ3) is 5.53. The van der Waals surface area contributed by atoms with Crippen LogP contribution in [0.5, 0.6) is 5.75 Å². The number of para-hydroxylation sites is 1. The maximum atomic E-state index is 12.7. The second-order valence-corrected chi connectivity index (χ2v) is 10.6. The molecule has 0 spiro atoms. The minimum Gasteiger partial charge on any atom is -0.495 e. The Morgan fingerprint density at radius 3 is 2.56 bits per heavy atom. The van der Waals surface area contributed by atoms with Gasteiger partial charge in [-0.15, -0.1) is 0 Å². The maximum absolute atomic E-state index is 12.7. The number of benzene rings is 2. The highest BCUT2D eigenvalue weighted by atomic mass is 31.2. The number of nitrogens with one attached hydrogen (secondary N) is 3. The molecule has 0 aliphatic carbocycles. The molecule has 166 valence electrons. The summed E-state index contributed by atoms with van der Waals surface area (Å²) in [7, 11) is -0.933. The molecule has 3 aromatic rings. The van der Waals surface area contributed by atoms with Crippen LogP contribution < -0.4 is 26.0 Å². The molecule has 3 rings (SSSR count). The highest BCUT2D eigenvalue weighted by Crippen LogP contribution is 2.38. The van der Waals surface area contributed by atoms with E-state index in [-0.39, 0.29) is 5.91 Å². The molecule has 0 atom stereocenters. The van der Waals surface area contributed by atoms with E-state index < -0.39 is 7.14 Å². The van der Waals surface area contributed by atoms with E-state index in [9.17, 15) is 9.36 Å². The molecule has 0 saturated heterocycles. The largest absolute Gasteiger partial charge is 0.495 e. The Labute approximate surface area is 187 Å². The SMILES string of the molecule is C=CC(=O)Nc1ccc(OC)c(Nc2ncc(C)c(Nc3ccccc3P(C)(C)=O)n2)c1. The van der Waals surface area contributed by atoms with Crippen molar-refractivity contribution in [3.63, 3.8) is 0 Å². The van der Waals surface area contributed by atoms with Crippen molar-refractivity contribution >= 4 is 47.2 Å². The molecule has 2 aromatic carbocycles. The average molecular weight is 451 g/mol. The van der Waals surface area contributed by atoms with Crippen molar-refractivity contribution in [1.29, 1.82) is 0 Å². The minimum atomic E-state index is -2.48. The highest BCUT2D eigenvalue weighted by Gasteiger charge is 2.17. The minimum absolute atomic E-state index is 0.318. The number of hydrogen-bond donors (Lipinski definition) is 3. The van der Waals surface area contributed by atoms with Crippen molar-refractivity contribution in [2.24, 2.45) is 0 Å². The van der Waals surface area contributed by atoms with Gasteiger partial charge in [0.15, 0.2) is 0 Å². The molecule has 0 aliphatic heterocycles. The molecule has 0 unspecified atom stereocenters. The Kier molecular flexibility index (Phi) is 6.95. The van der Waals surface area contributed by atoms with Gasteiger partial charge in [0.2, 0.25) is 11.9 Å². The Hall–Kier alpha value is -3.64. The topological polar surface area (TPSA) is 105 Å². The van der Waals surface area contributed by atoms with Crippen molar-refractivity contribution in [2.75, 3.05) is 36.4 Å². The highest BCUT2D eigenvalue weighted by molar-refractivity contribution is 7.70. The van der Waals surface area contributed by atoms with Crippen molar-refractivity contribution in [3.8, 4) is 5.75 Å². The second kappa shape index (κ2) is 9.66. The fourth-order valence-corrected chi connectivity index (χ4v) is 4.16. The zero-order valence-electron chi connectivity index (χ0n) is 18.5. The van der Waals surface area contributed by atoms with Gasteiger partial charge in [0.1, 0.15) is 18.7 Å². The number of carbonyl (C=O) groups is 1. The van der Waals surface area contributed by atoms with Crippen LogP contribution in [0.2, 0.25) is 0 Å². The van der Waals surface area contributed by atoms with Gasteiger partial charge in [0, 0.05) is 22.8 Å². The number of anilines is 5. The Bertz CT molecular complexity index is 1210. The fourth-order valence-electron chi connectivity index (χ4n) is 3.00. The molecule has 1 aromatic heterocycles. The predicted octanol–water partition coefficient (Wildman–Crippen LogP) is 4.65. The fraction of sp³-hybridized carbons (Fsp3) is 0.174. The van der Waals surface area contributed by atoms with Gasteiger partial charge in [-0.3, -0.25) is 4.79 Å². The summed E-state index contributed by atoms with van der Waals surface area (Å²) in [5.74, 6) is 1.15. The van der Waals surface area contributed by atoms with Gasteiger partial charge in [0.25, 0.3) is 0 Å². The normalized spacial score (nSPS) is 10.9. The van der Waals surface area contributed by atoms with E-state index in [0.717, 1.165) is 16.6 Å². The van der Waals surface area contributed by atoms with Crippen molar-refractivity contribution in [2.45, 2.75) is 6.92 Å². The Morgan fingerprint density at radius 1 is 1.12 bits per heavy atom. The van der Waals surface area contributed by atoms with E-state index in [0.29, 0.717) is 28.9 Å². The van der Waals surface area contributed by atoms with Gasteiger partial charge in [-0.25, -0.2) is 4.98 Å². The van der Waals surface area contributed by atoms with Gasteiger partial charge < -0.3 is 25.3 Å². The first-order chi connectivity index (χ1) is 15.2. The van der Waals surface area contributed by atoms with Crippen molar-refractivity contribution in [3.05, 3.63) is 66.9 Å². The third-order valence-corrected chi connectivity index (χ3v) is 6.16. The van der Waals surface area contributed by atoms with E-state index >= 15 is 0 Å². The molecule has 1 amide bonds. The van der Waals surface area contributed by atoms with Crippen LogP contribution in [0.4, 0.5) is 28.8 Å². The van der Waals surface area contributed by atoms with Crippen LogP contribution in [0.15, 0.2) is 61.3 Å². The monoisotopic (exact) mass is 451 g/mol. The van der Waals surface area contributed by atoms with Gasteiger partial charge in [-0.05, 0) is 56.7 Å². The van der Waals surface area contributed by atoms with Crippen LogP contribution in [0.25, 0.3) is 0 Å². The average Bonchev–Trinajstić information content (AvgIpc) is 2.76. The van der Waals surface area contributed by atoms with Crippen LogP contribution in [-0.4, -0.2) is 36.3 Å². The number of amides is 1. The molecule has 0 aliphatic rings. The van der Waals surface area contributed by atoms with E-state index in [1.54, 1.807) is 44.8 Å². The molecular formula is C23H26N5O3P. The number of hydrogen-bond acceptors (Lipinski definition) is 7. The third-order valence-electron chi connectivity index (χ3n) is 4.61. The number of methoxy groups -OCH3 is 1. The van der Waals surface area contributed by atoms with Crippen LogP contribution in [0, 0.1) is 6.92 Å². The number of rotatable bonds is 8. The summed E-state index contributed by atoms with van der Waals surface area (Å²) in [6.07, 6.45) is 2.88. The first kappa shape index (κ1) is 23.0. The maximum Gasteiger partial charge on any atom is 0.247 e. The molecule has 3 N–H and O–H groups in total. The molecule has 32 heavy (non-hydrogen) atoms. The number of aromatic nitrogens is 2. The van der Waals surface area contributed by atoms with E-state index in [2.05, 4.69) is 32.5 Å². The summed E-state index contributed by atoms with van der Waals surface area (Å²) in [4.78, 5) is 20.6. The summed E-state index contributed by atoms with van der Waals surface area (Å²) in [5.41, 5.74) is 2.71. The summed E-state index contributed by atoms with van der Waals surface area (Å²) in [6, 6.07) is 12.6. The molecule has 0 saturated carbocycles. The molecule has 9 heteroatoms. The number of aryl methyl sites for hydroxylation is 1. The van der Waals surface area contributed by atoms with Gasteiger partial charge in [-0.2, -0.15) is 4.98 Å². The quantitative estimate of drug-likeness (QED) is 0.338. The zero-order chi connectivity index (χ0) is 23.3. The van der Waals surface area contributed by atoms with Gasteiger partial charge >= 0.3 is 0 Å². The summed E-state index contributed by atoms with van der Waals surface area (Å²) in [6.45, 7) is 8.81. The Morgan fingerprint density at radius 2 is 1.88 bits per heavy atom. The molecule has 0 fully saturated rings. The van der Waals surface area contributed by atoms with Crippen molar-refractivity contribution < 1.29 is 14.1 Å². The first-order valence-corrected chi connectivity index (χ1v) is 12.4. The lowest BCUT2D eigenvalue weighted by Gasteiger charge is -2.17. The first-order valence-electron chi connectivity index (χ1n) is 9.85. The molecular weight excluding hydrogens is 425 g/mol. The lowest BCUT2D eigenvalue weighted by molar-refractivity contribution is -0.111. The number of ether oxygens (including phenoxy) is 1. The predicted molar refractivity (Wildman–Crippen MR) is 131 cm³/mol. The second-order valence-electron chi connectivity index (χ2n) is 7.45. The number of nitrogens with zero attached hydrogens (tertiary/aromatic N) is 2. The van der Waals surface area contributed by atoms with Crippen molar-refractivity contribution in [1.82, 2.24) is 9.97 Å². The summed E-state index contributed by atoms with van der Waals surface area (Å²) >= 11 is 0. The smallest absolute Gasteiger partial charge is 0.247 e. The lowest BCUT2D eigenvalue weighted by Crippen LogP contribution is -2.11. The zero-order valence-corrected chi connectivity index (χ0v) is 19.4. The lowest BCUT2D eigenvalue weighted by atomic mass is 10.2. The van der Waals surface area contributed by atoms with Gasteiger partial charge in [0.05, 0.1) is 18.5 Å². The van der Waals surface area contributed by atoms with Crippen LogP contribution in [0.3, 0.4) is 0 Å². The Balaban J connectivity index is 1.92. The van der Waals surface area contributed by atoms with Gasteiger partial charge in [-0.1, -0.05) is 18.7 Å². The van der Waals surface area contributed by atoms with E-state index in [1.165, 1.54) is 6.08 Å². The molecule has 0 radical (unpaired) electrons. The van der Waals surface area contributed by atoms with Crippen LogP contribution in [0.1, 0.15) is 5.56 Å². The summed E-state index contributed by atoms with van der Waals surface area (Å²) < 4.78 is 18.1.